The monoisotopic (exact) mass is 449 g/mol. The molecular weight excluding hydrogens is 430 g/mol. The second-order valence-corrected chi connectivity index (χ2v) is 8.06. The van der Waals surface area contributed by atoms with E-state index in [1.54, 1.807) is 19.2 Å². The van der Waals surface area contributed by atoms with Gasteiger partial charge in [0.05, 0.1) is 7.11 Å². The molecule has 0 radical (unpaired) electrons. The zero-order chi connectivity index (χ0) is 21.9. The summed E-state index contributed by atoms with van der Waals surface area (Å²) in [6, 6.07) is 18.6. The van der Waals surface area contributed by atoms with Gasteiger partial charge in [0.15, 0.2) is 23.9 Å². The van der Waals surface area contributed by atoms with Crippen LogP contribution in [0.15, 0.2) is 65.2 Å². The van der Waals surface area contributed by atoms with Crippen LogP contribution in [0.2, 0.25) is 0 Å². The lowest BCUT2D eigenvalue weighted by Crippen LogP contribution is -2.15. The summed E-state index contributed by atoms with van der Waals surface area (Å²) in [5, 5.41) is 4.06. The highest BCUT2D eigenvalue weighted by Gasteiger charge is 2.17. The van der Waals surface area contributed by atoms with Crippen LogP contribution in [-0.4, -0.2) is 31.4 Å². The number of carbonyl (C=O) groups is 1. The summed E-state index contributed by atoms with van der Waals surface area (Å²) in [4.78, 5) is 14.0. The van der Waals surface area contributed by atoms with Crippen LogP contribution in [0, 0.1) is 0 Å². The fourth-order valence-corrected chi connectivity index (χ4v) is 4.27. The van der Waals surface area contributed by atoms with Gasteiger partial charge in [0, 0.05) is 16.5 Å². The first-order chi connectivity index (χ1) is 15.7. The van der Waals surface area contributed by atoms with Gasteiger partial charge in [0.25, 0.3) is 0 Å². The van der Waals surface area contributed by atoms with E-state index < -0.39 is 5.97 Å². The minimum absolute atomic E-state index is 0.0156. The first-order valence-electron chi connectivity index (χ1n) is 9.97. The third kappa shape index (κ3) is 4.04. The number of esters is 1. The van der Waals surface area contributed by atoms with Crippen LogP contribution in [0.5, 0.6) is 17.2 Å². The topological polar surface area (TPSA) is 80.0 Å². The largest absolute Gasteiger partial charge is 0.496 e. The van der Waals surface area contributed by atoms with E-state index in [2.05, 4.69) is 5.16 Å². The van der Waals surface area contributed by atoms with Gasteiger partial charge < -0.3 is 23.5 Å². The number of carbonyl (C=O) groups excluding carboxylic acids is 1. The Bertz CT molecular complexity index is 1260. The van der Waals surface area contributed by atoms with E-state index in [9.17, 15) is 4.79 Å². The van der Waals surface area contributed by atoms with Crippen molar-refractivity contribution in [2.24, 2.45) is 0 Å². The molecule has 1 aliphatic heterocycles. The Kier molecular flexibility index (Phi) is 5.51. The summed E-state index contributed by atoms with van der Waals surface area (Å²) in [6.45, 7) is 1.06. The van der Waals surface area contributed by atoms with Crippen molar-refractivity contribution in [3.8, 4) is 38.9 Å². The van der Waals surface area contributed by atoms with Crippen LogP contribution in [0.4, 0.5) is 0 Å². The molecule has 1 aliphatic rings. The summed E-state index contributed by atoms with van der Waals surface area (Å²) in [7, 11) is 1.60. The number of fused-ring (bicyclic) bond motifs is 1. The van der Waals surface area contributed by atoms with Crippen LogP contribution in [-0.2, 0) is 11.3 Å². The number of hydrogen-bond donors (Lipinski definition) is 0. The van der Waals surface area contributed by atoms with Gasteiger partial charge in [0.2, 0.25) is 0 Å². The lowest BCUT2D eigenvalue weighted by Gasteiger charge is -2.18. The van der Waals surface area contributed by atoms with Gasteiger partial charge in [-0.1, -0.05) is 17.3 Å². The van der Waals surface area contributed by atoms with Crippen molar-refractivity contribution >= 4 is 17.3 Å². The molecule has 7 nitrogen and oxygen atoms in total. The highest BCUT2D eigenvalue weighted by molar-refractivity contribution is 7.17. The molecule has 0 N–H and O–H groups in total. The summed E-state index contributed by atoms with van der Waals surface area (Å²) in [5.41, 5.74) is 2.37. The van der Waals surface area contributed by atoms with Crippen LogP contribution in [0.1, 0.15) is 15.4 Å². The summed E-state index contributed by atoms with van der Waals surface area (Å²) < 4.78 is 27.3. The van der Waals surface area contributed by atoms with E-state index in [0.29, 0.717) is 41.0 Å². The minimum Gasteiger partial charge on any atom is -0.496 e. The predicted molar refractivity (Wildman–Crippen MR) is 118 cm³/mol. The molecule has 4 aromatic rings. The lowest BCUT2D eigenvalue weighted by molar-refractivity contribution is 0.0443. The average Bonchev–Trinajstić information content (AvgIpc) is 3.52. The Morgan fingerprint density at radius 1 is 1.03 bits per heavy atom. The quantitative estimate of drug-likeness (QED) is 0.374. The normalized spacial score (nSPS) is 12.4. The molecule has 3 heterocycles. The molecule has 0 spiro atoms. The van der Waals surface area contributed by atoms with Gasteiger partial charge in [-0.2, -0.15) is 0 Å². The number of benzene rings is 2. The van der Waals surface area contributed by atoms with Crippen molar-refractivity contribution < 1.29 is 28.3 Å². The van der Waals surface area contributed by atoms with E-state index in [4.69, 9.17) is 23.5 Å². The Balaban J connectivity index is 1.25. The minimum atomic E-state index is -0.422. The van der Waals surface area contributed by atoms with E-state index in [1.807, 2.05) is 48.5 Å². The van der Waals surface area contributed by atoms with Crippen molar-refractivity contribution in [1.29, 1.82) is 0 Å². The van der Waals surface area contributed by atoms with Gasteiger partial charge in [-0.25, -0.2) is 4.79 Å². The molecule has 162 valence electrons. The standard InChI is InChI=1S/C24H19NO6S/c1-27-19-5-3-2-4-17(19)18-13-16(31-25-18)14-30-24(26)23-9-8-22(32-23)15-6-7-20-21(12-15)29-11-10-28-20/h2-9,12-13H,10-11,14H2,1H3. The number of para-hydroxylation sites is 1. The summed E-state index contributed by atoms with van der Waals surface area (Å²) in [5.74, 6) is 2.16. The maximum Gasteiger partial charge on any atom is 0.348 e. The molecular formula is C24H19NO6S. The van der Waals surface area contributed by atoms with Crippen molar-refractivity contribution in [2.45, 2.75) is 6.61 Å². The number of hydrogen-bond acceptors (Lipinski definition) is 8. The van der Waals surface area contributed by atoms with E-state index >= 15 is 0 Å². The lowest BCUT2D eigenvalue weighted by atomic mass is 10.1. The number of nitrogens with zero attached hydrogens (tertiary/aromatic N) is 1. The average molecular weight is 449 g/mol. The van der Waals surface area contributed by atoms with Crippen LogP contribution in [0.3, 0.4) is 0 Å². The first kappa shape index (κ1) is 20.1. The maximum absolute atomic E-state index is 12.5. The van der Waals surface area contributed by atoms with Crippen LogP contribution >= 0.6 is 11.3 Å². The highest BCUT2D eigenvalue weighted by atomic mass is 32.1. The van der Waals surface area contributed by atoms with Gasteiger partial charge in [0.1, 0.15) is 29.5 Å². The van der Waals surface area contributed by atoms with E-state index in [-0.39, 0.29) is 6.61 Å². The van der Waals surface area contributed by atoms with Gasteiger partial charge >= 0.3 is 5.97 Å². The SMILES string of the molecule is COc1ccccc1-c1cc(COC(=O)c2ccc(-c3ccc4c(c3)OCCO4)s2)on1. The van der Waals surface area contributed by atoms with Crippen molar-refractivity contribution in [3.63, 3.8) is 0 Å². The zero-order valence-electron chi connectivity index (χ0n) is 17.2. The Hall–Kier alpha value is -3.78. The second kappa shape index (κ2) is 8.76. The molecule has 2 aromatic carbocycles. The molecule has 0 fully saturated rings. The molecule has 0 unspecified atom stereocenters. The fraction of sp³-hybridized carbons (Fsp3) is 0.167. The molecule has 0 saturated carbocycles. The molecule has 0 amide bonds. The maximum atomic E-state index is 12.5. The second-order valence-electron chi connectivity index (χ2n) is 6.98. The van der Waals surface area contributed by atoms with Gasteiger partial charge in [-0.15, -0.1) is 11.3 Å². The van der Waals surface area contributed by atoms with Crippen molar-refractivity contribution in [1.82, 2.24) is 5.16 Å². The third-order valence-corrected chi connectivity index (χ3v) is 6.04. The number of ether oxygens (including phenoxy) is 4. The number of methoxy groups -OCH3 is 1. The Labute approximate surface area is 188 Å². The van der Waals surface area contributed by atoms with Crippen LogP contribution in [0.25, 0.3) is 21.7 Å². The molecule has 0 atom stereocenters. The number of thiophene rings is 1. The number of aromatic nitrogens is 1. The molecule has 0 saturated heterocycles. The summed E-state index contributed by atoms with van der Waals surface area (Å²) in [6.07, 6.45) is 0. The number of rotatable bonds is 6. The van der Waals surface area contributed by atoms with E-state index in [0.717, 1.165) is 21.8 Å². The van der Waals surface area contributed by atoms with Crippen molar-refractivity contribution in [2.75, 3.05) is 20.3 Å². The highest BCUT2D eigenvalue weighted by Crippen LogP contribution is 2.37. The Morgan fingerprint density at radius 3 is 2.75 bits per heavy atom. The molecule has 0 aliphatic carbocycles. The van der Waals surface area contributed by atoms with Gasteiger partial charge in [-0.05, 0) is 48.0 Å². The van der Waals surface area contributed by atoms with Gasteiger partial charge in [-0.3, -0.25) is 0 Å². The molecule has 2 aromatic heterocycles. The zero-order valence-corrected chi connectivity index (χ0v) is 18.0. The third-order valence-electron chi connectivity index (χ3n) is 4.92. The Morgan fingerprint density at radius 2 is 1.88 bits per heavy atom. The first-order valence-corrected chi connectivity index (χ1v) is 10.8. The predicted octanol–water partition coefficient (Wildman–Crippen LogP) is 5.21. The summed E-state index contributed by atoms with van der Waals surface area (Å²) >= 11 is 1.35. The molecule has 8 heteroatoms. The molecule has 5 rings (SSSR count). The molecule has 0 bridgehead atoms. The van der Waals surface area contributed by atoms with Crippen molar-refractivity contribution in [3.05, 3.63) is 71.3 Å². The van der Waals surface area contributed by atoms with E-state index in [1.165, 1.54) is 11.3 Å². The van der Waals surface area contributed by atoms with Crippen LogP contribution < -0.4 is 14.2 Å². The smallest absolute Gasteiger partial charge is 0.348 e. The molecule has 32 heavy (non-hydrogen) atoms. The fourth-order valence-electron chi connectivity index (χ4n) is 3.37.